The highest BCUT2D eigenvalue weighted by Crippen LogP contribution is 2.34. The molecule has 1 N–H and O–H groups in total. The van der Waals surface area contributed by atoms with Crippen LogP contribution in [0.2, 0.25) is 0 Å². The van der Waals surface area contributed by atoms with Crippen molar-refractivity contribution in [3.8, 4) is 5.75 Å². The maximum absolute atomic E-state index is 13.0. The van der Waals surface area contributed by atoms with E-state index in [1.54, 1.807) is 31.4 Å². The Morgan fingerprint density at radius 1 is 1.33 bits per heavy atom. The number of rotatable bonds is 5. The smallest absolute Gasteiger partial charge is 0.182 e. The lowest BCUT2D eigenvalue weighted by Crippen LogP contribution is -2.46. The summed E-state index contributed by atoms with van der Waals surface area (Å²) in [6.07, 6.45) is 3.80. The van der Waals surface area contributed by atoms with E-state index in [0.717, 1.165) is 25.7 Å². The minimum atomic E-state index is -3.34. The van der Waals surface area contributed by atoms with Gasteiger partial charge in [-0.05, 0) is 50.4 Å². The van der Waals surface area contributed by atoms with Gasteiger partial charge in [0.2, 0.25) is 0 Å². The first-order valence-electron chi connectivity index (χ1n) is 7.58. The molecule has 0 bridgehead atoms. The fourth-order valence-corrected chi connectivity index (χ4v) is 5.34. The van der Waals surface area contributed by atoms with Crippen LogP contribution < -0.4 is 10.1 Å². The summed E-state index contributed by atoms with van der Waals surface area (Å²) in [6.45, 7) is 2.14. The molecule has 118 valence electrons. The Kier molecular flexibility index (Phi) is 5.27. The average Bonchev–Trinajstić information content (AvgIpc) is 2.54. The van der Waals surface area contributed by atoms with Gasteiger partial charge in [-0.25, -0.2) is 8.42 Å². The fourth-order valence-electron chi connectivity index (χ4n) is 3.21. The molecular formula is C16H25NO3S. The van der Waals surface area contributed by atoms with Crippen LogP contribution in [0.5, 0.6) is 5.75 Å². The van der Waals surface area contributed by atoms with Crippen molar-refractivity contribution in [2.45, 2.75) is 48.8 Å². The second-order valence-electron chi connectivity index (χ2n) is 5.74. The zero-order valence-corrected chi connectivity index (χ0v) is 13.8. The van der Waals surface area contributed by atoms with E-state index >= 15 is 0 Å². The summed E-state index contributed by atoms with van der Waals surface area (Å²) in [5, 5.41) is 2.84. The van der Waals surface area contributed by atoms with Gasteiger partial charge in [0.05, 0.1) is 17.3 Å². The largest absolute Gasteiger partial charge is 0.497 e. The number of sulfone groups is 1. The fraction of sp³-hybridized carbons (Fsp3) is 0.625. The molecule has 4 nitrogen and oxygen atoms in total. The van der Waals surface area contributed by atoms with E-state index in [1.807, 2.05) is 7.05 Å². The van der Waals surface area contributed by atoms with Crippen molar-refractivity contribution in [3.63, 3.8) is 0 Å². The predicted molar refractivity (Wildman–Crippen MR) is 84.4 cm³/mol. The Labute approximate surface area is 127 Å². The highest BCUT2D eigenvalue weighted by molar-refractivity contribution is 7.92. The number of nitrogens with one attached hydrogen (secondary N) is 1. The first-order chi connectivity index (χ1) is 10.0. The Bertz CT molecular complexity index is 571. The van der Waals surface area contributed by atoms with E-state index in [4.69, 9.17) is 4.74 Å². The summed E-state index contributed by atoms with van der Waals surface area (Å²) in [5.74, 6) is 1.08. The van der Waals surface area contributed by atoms with Gasteiger partial charge >= 0.3 is 0 Å². The Balaban J connectivity index is 2.34. The average molecular weight is 311 g/mol. The highest BCUT2D eigenvalue weighted by Gasteiger charge is 2.38. The molecule has 1 saturated carbocycles. The number of hydrogen-bond donors (Lipinski definition) is 1. The minimum absolute atomic E-state index is 0.0315. The zero-order chi connectivity index (χ0) is 15.5. The Morgan fingerprint density at radius 2 is 2.10 bits per heavy atom. The third kappa shape index (κ3) is 3.40. The molecule has 1 aliphatic rings. The maximum atomic E-state index is 13.0. The molecule has 0 spiro atoms. The lowest BCUT2D eigenvalue weighted by Gasteiger charge is -2.35. The van der Waals surface area contributed by atoms with Crippen LogP contribution >= 0.6 is 0 Å². The molecule has 0 aliphatic heterocycles. The molecule has 1 aromatic rings. The first kappa shape index (κ1) is 16.3. The third-order valence-electron chi connectivity index (χ3n) is 4.62. The highest BCUT2D eigenvalue weighted by atomic mass is 32.2. The second-order valence-corrected chi connectivity index (χ2v) is 7.91. The molecule has 3 atom stereocenters. The van der Waals surface area contributed by atoms with Crippen LogP contribution in [0.3, 0.4) is 0 Å². The van der Waals surface area contributed by atoms with Crippen LogP contribution in [0.4, 0.5) is 0 Å². The Hall–Kier alpha value is -1.07. The monoisotopic (exact) mass is 311 g/mol. The third-order valence-corrected chi connectivity index (χ3v) is 6.85. The first-order valence-corrected chi connectivity index (χ1v) is 9.12. The number of methoxy groups -OCH3 is 1. The van der Waals surface area contributed by atoms with Gasteiger partial charge in [-0.1, -0.05) is 19.4 Å². The normalized spacial score (nSPS) is 26.5. The van der Waals surface area contributed by atoms with Gasteiger partial charge < -0.3 is 10.1 Å². The second kappa shape index (κ2) is 6.79. The standard InChI is InChI=1S/C16H25NO3S/c1-4-12-8-9-15(17-2)16(10-12)21(18,19)14-7-5-6-13(11-14)20-3/h5-7,11-12,15-17H,4,8-10H2,1-3H3. The van der Waals surface area contributed by atoms with Crippen LogP contribution in [0, 0.1) is 5.92 Å². The molecule has 5 heteroatoms. The molecule has 3 unspecified atom stereocenters. The van der Waals surface area contributed by atoms with Crippen molar-refractivity contribution in [2.75, 3.05) is 14.2 Å². The SMILES string of the molecule is CCC1CCC(NC)C(S(=O)(=O)c2cccc(OC)c2)C1. The molecule has 0 radical (unpaired) electrons. The van der Waals surface area contributed by atoms with E-state index in [-0.39, 0.29) is 11.3 Å². The van der Waals surface area contributed by atoms with Crippen molar-refractivity contribution in [1.82, 2.24) is 5.32 Å². The van der Waals surface area contributed by atoms with Crippen LogP contribution in [-0.2, 0) is 9.84 Å². The topological polar surface area (TPSA) is 55.4 Å². The van der Waals surface area contributed by atoms with Crippen LogP contribution in [0.25, 0.3) is 0 Å². The number of benzene rings is 1. The zero-order valence-electron chi connectivity index (χ0n) is 13.0. The lowest BCUT2D eigenvalue weighted by atomic mass is 9.84. The van der Waals surface area contributed by atoms with Gasteiger partial charge in [0.25, 0.3) is 0 Å². The molecule has 0 amide bonds. The van der Waals surface area contributed by atoms with Crippen molar-refractivity contribution in [2.24, 2.45) is 5.92 Å². The van der Waals surface area contributed by atoms with E-state index in [1.165, 1.54) is 0 Å². The summed E-state index contributed by atoms with van der Waals surface area (Å²) in [4.78, 5) is 0.365. The number of hydrogen-bond acceptors (Lipinski definition) is 4. The quantitative estimate of drug-likeness (QED) is 0.908. The van der Waals surface area contributed by atoms with E-state index < -0.39 is 9.84 Å². The molecule has 21 heavy (non-hydrogen) atoms. The molecule has 0 saturated heterocycles. The Morgan fingerprint density at radius 3 is 2.71 bits per heavy atom. The molecule has 0 heterocycles. The van der Waals surface area contributed by atoms with Gasteiger partial charge in [0, 0.05) is 6.04 Å². The summed E-state index contributed by atoms with van der Waals surface area (Å²) in [7, 11) is 0.0623. The van der Waals surface area contributed by atoms with Gasteiger partial charge in [0.15, 0.2) is 9.84 Å². The molecule has 1 aliphatic carbocycles. The van der Waals surface area contributed by atoms with E-state index in [0.29, 0.717) is 16.6 Å². The summed E-state index contributed by atoms with van der Waals surface area (Å²) in [5.41, 5.74) is 0. The van der Waals surface area contributed by atoms with E-state index in [9.17, 15) is 8.42 Å². The van der Waals surface area contributed by atoms with Crippen LogP contribution in [0.15, 0.2) is 29.2 Å². The van der Waals surface area contributed by atoms with Crippen molar-refractivity contribution >= 4 is 9.84 Å². The van der Waals surface area contributed by atoms with Crippen molar-refractivity contribution in [1.29, 1.82) is 0 Å². The van der Waals surface area contributed by atoms with Gasteiger partial charge in [-0.3, -0.25) is 0 Å². The van der Waals surface area contributed by atoms with Crippen LogP contribution in [0.1, 0.15) is 32.6 Å². The minimum Gasteiger partial charge on any atom is -0.497 e. The maximum Gasteiger partial charge on any atom is 0.182 e. The number of ether oxygens (including phenoxy) is 1. The summed E-state index contributed by atoms with van der Waals surface area (Å²) < 4.78 is 31.1. The van der Waals surface area contributed by atoms with Gasteiger partial charge in [-0.2, -0.15) is 0 Å². The predicted octanol–water partition coefficient (Wildman–Crippen LogP) is 2.64. The van der Waals surface area contributed by atoms with Crippen LogP contribution in [-0.4, -0.2) is 33.9 Å². The molecule has 1 aromatic carbocycles. The molecule has 1 fully saturated rings. The van der Waals surface area contributed by atoms with Gasteiger partial charge in [-0.15, -0.1) is 0 Å². The van der Waals surface area contributed by atoms with Crippen molar-refractivity contribution < 1.29 is 13.2 Å². The van der Waals surface area contributed by atoms with Crippen molar-refractivity contribution in [3.05, 3.63) is 24.3 Å². The summed E-state index contributed by atoms with van der Waals surface area (Å²) in [6, 6.07) is 6.83. The van der Waals surface area contributed by atoms with Gasteiger partial charge in [0.1, 0.15) is 5.75 Å². The van der Waals surface area contributed by atoms with E-state index in [2.05, 4.69) is 12.2 Å². The molecule has 0 aromatic heterocycles. The molecule has 2 rings (SSSR count). The summed E-state index contributed by atoms with van der Waals surface area (Å²) >= 11 is 0. The lowest BCUT2D eigenvalue weighted by molar-refractivity contribution is 0.296. The molecular weight excluding hydrogens is 286 g/mol.